The minimum absolute atomic E-state index is 0.00781. The Morgan fingerprint density at radius 3 is 2.58 bits per heavy atom. The van der Waals surface area contributed by atoms with E-state index in [-0.39, 0.29) is 19.4 Å². The van der Waals surface area contributed by atoms with E-state index in [1.54, 1.807) is 20.8 Å². The van der Waals surface area contributed by atoms with Crippen LogP contribution in [0, 0.1) is 5.92 Å². The van der Waals surface area contributed by atoms with Crippen LogP contribution in [0.5, 0.6) is 6.01 Å². The van der Waals surface area contributed by atoms with E-state index in [9.17, 15) is 27.6 Å². The van der Waals surface area contributed by atoms with Gasteiger partial charge in [0.2, 0.25) is 11.8 Å². The average molecular weight is 716 g/mol. The zero-order chi connectivity index (χ0) is 36.4. The summed E-state index contributed by atoms with van der Waals surface area (Å²) in [5.41, 5.74) is -0.716. The molecule has 16 heteroatoms. The fourth-order valence-electron chi connectivity index (χ4n) is 6.51. The van der Waals surface area contributed by atoms with Crippen LogP contribution in [0.4, 0.5) is 4.79 Å². The lowest BCUT2D eigenvalue weighted by Crippen LogP contribution is -2.58. The number of amides is 4. The molecule has 0 bridgehead atoms. The highest BCUT2D eigenvalue weighted by Gasteiger charge is 2.61. The average Bonchev–Trinajstić information content (AvgIpc) is 3.37. The SMILES string of the molecule is CCn1c(O[C@@H]2C[C@H]3C(=O)N[C@]4(C(=O)NS(=O)(=O)N(C)C)C[C@H]4C=CCCCCC[C@H](NC(=O)OC(C)(C)C)C(=O)N3C2)nc2ccccc21. The highest BCUT2D eigenvalue weighted by Crippen LogP contribution is 2.45. The number of nitrogens with one attached hydrogen (secondary N) is 3. The van der Waals surface area contributed by atoms with Gasteiger partial charge in [-0.15, -0.1) is 0 Å². The molecule has 0 unspecified atom stereocenters. The van der Waals surface area contributed by atoms with E-state index in [1.807, 2.05) is 47.9 Å². The van der Waals surface area contributed by atoms with Gasteiger partial charge in [-0.3, -0.25) is 19.0 Å². The Bertz CT molecular complexity index is 1750. The van der Waals surface area contributed by atoms with Gasteiger partial charge in [0.05, 0.1) is 17.6 Å². The molecule has 5 atom stereocenters. The van der Waals surface area contributed by atoms with E-state index in [2.05, 4.69) is 20.3 Å². The number of imidazole rings is 1. The van der Waals surface area contributed by atoms with Crippen LogP contribution in [0.3, 0.4) is 0 Å². The summed E-state index contributed by atoms with van der Waals surface area (Å²) in [6.07, 6.45) is 5.81. The van der Waals surface area contributed by atoms with Crippen molar-refractivity contribution in [2.24, 2.45) is 5.92 Å². The quantitative estimate of drug-likeness (QED) is 0.363. The summed E-state index contributed by atoms with van der Waals surface area (Å²) in [6, 6.07) is 5.85. The zero-order valence-corrected chi connectivity index (χ0v) is 30.4. The van der Waals surface area contributed by atoms with Gasteiger partial charge in [0.15, 0.2) is 0 Å². The van der Waals surface area contributed by atoms with Gasteiger partial charge in [0.25, 0.3) is 11.9 Å². The molecule has 0 radical (unpaired) electrons. The molecule has 0 spiro atoms. The summed E-state index contributed by atoms with van der Waals surface area (Å²) in [5.74, 6) is -2.42. The molecule has 1 aromatic heterocycles. The predicted octanol–water partition coefficient (Wildman–Crippen LogP) is 2.62. The normalized spacial score (nSPS) is 26.3. The van der Waals surface area contributed by atoms with Crippen molar-refractivity contribution in [2.45, 2.75) is 109 Å². The Balaban J connectivity index is 1.48. The fourth-order valence-corrected chi connectivity index (χ4v) is 7.11. The maximum Gasteiger partial charge on any atom is 0.408 e. The van der Waals surface area contributed by atoms with Gasteiger partial charge < -0.3 is 25.0 Å². The first-order chi connectivity index (χ1) is 23.5. The third-order valence-electron chi connectivity index (χ3n) is 9.25. The number of allylic oxidation sites excluding steroid dienone is 1. The highest BCUT2D eigenvalue weighted by atomic mass is 32.2. The molecular formula is C34H49N7O8S. The number of hydrogen-bond donors (Lipinski definition) is 3. The number of aryl methyl sites for hydroxylation is 1. The number of carbonyl (C=O) groups is 4. The minimum Gasteiger partial charge on any atom is -0.459 e. The first kappa shape index (κ1) is 37.1. The Morgan fingerprint density at radius 2 is 1.88 bits per heavy atom. The molecule has 1 saturated heterocycles. The molecule has 1 aromatic carbocycles. The fraction of sp³-hybridized carbons (Fsp3) is 0.618. The molecule has 2 aliphatic heterocycles. The number of para-hydroxylation sites is 2. The van der Waals surface area contributed by atoms with Crippen molar-refractivity contribution in [3.05, 3.63) is 36.4 Å². The van der Waals surface area contributed by atoms with Crippen LogP contribution < -0.4 is 20.1 Å². The van der Waals surface area contributed by atoms with E-state index in [1.165, 1.54) is 19.0 Å². The van der Waals surface area contributed by atoms with Crippen LogP contribution in [0.1, 0.15) is 72.6 Å². The summed E-state index contributed by atoms with van der Waals surface area (Å²) in [6.45, 7) is 7.72. The number of nitrogens with zero attached hydrogens (tertiary/aromatic N) is 4. The third kappa shape index (κ3) is 8.23. The van der Waals surface area contributed by atoms with Crippen LogP contribution in [-0.2, 0) is 35.9 Å². The van der Waals surface area contributed by atoms with Crippen molar-refractivity contribution in [1.82, 2.24) is 34.1 Å². The molecule has 3 N–H and O–H groups in total. The number of ether oxygens (including phenoxy) is 2. The van der Waals surface area contributed by atoms with Gasteiger partial charge >= 0.3 is 16.3 Å². The largest absolute Gasteiger partial charge is 0.459 e. The third-order valence-corrected chi connectivity index (χ3v) is 10.7. The van der Waals surface area contributed by atoms with Crippen LogP contribution in [0.2, 0.25) is 0 Å². The maximum atomic E-state index is 14.4. The molecule has 15 nitrogen and oxygen atoms in total. The topological polar surface area (TPSA) is 181 Å². The van der Waals surface area contributed by atoms with Crippen molar-refractivity contribution in [3.63, 3.8) is 0 Å². The van der Waals surface area contributed by atoms with Crippen molar-refractivity contribution in [3.8, 4) is 6.01 Å². The van der Waals surface area contributed by atoms with Gasteiger partial charge in [-0.1, -0.05) is 37.1 Å². The Kier molecular flexibility index (Phi) is 10.8. The second-order valence-electron chi connectivity index (χ2n) is 14.4. The number of aromatic nitrogens is 2. The Hall–Kier alpha value is -4.18. The predicted molar refractivity (Wildman–Crippen MR) is 185 cm³/mol. The van der Waals surface area contributed by atoms with Crippen LogP contribution in [-0.4, -0.2) is 101 Å². The van der Waals surface area contributed by atoms with Crippen molar-refractivity contribution >= 4 is 45.1 Å². The summed E-state index contributed by atoms with van der Waals surface area (Å²) < 4.78 is 42.0. The molecule has 50 heavy (non-hydrogen) atoms. The smallest absolute Gasteiger partial charge is 0.408 e. The molecular weight excluding hydrogens is 666 g/mol. The molecule has 1 saturated carbocycles. The highest BCUT2D eigenvalue weighted by molar-refractivity contribution is 7.87. The van der Waals surface area contributed by atoms with Crippen LogP contribution in [0.25, 0.3) is 11.0 Å². The molecule has 1 aliphatic carbocycles. The Morgan fingerprint density at radius 1 is 1.14 bits per heavy atom. The molecule has 3 aliphatic rings. The summed E-state index contributed by atoms with van der Waals surface area (Å²) in [5, 5.41) is 5.57. The van der Waals surface area contributed by atoms with Gasteiger partial charge in [-0.05, 0) is 65.5 Å². The molecule has 2 aromatic rings. The molecule has 3 heterocycles. The monoisotopic (exact) mass is 715 g/mol. The van der Waals surface area contributed by atoms with Gasteiger partial charge in [0.1, 0.15) is 29.3 Å². The zero-order valence-electron chi connectivity index (χ0n) is 29.6. The molecule has 274 valence electrons. The van der Waals surface area contributed by atoms with Gasteiger partial charge in [-0.2, -0.15) is 17.7 Å². The van der Waals surface area contributed by atoms with Crippen molar-refractivity contribution in [1.29, 1.82) is 0 Å². The first-order valence-electron chi connectivity index (χ1n) is 17.2. The second kappa shape index (κ2) is 14.6. The Labute approximate surface area is 293 Å². The number of benzene rings is 1. The van der Waals surface area contributed by atoms with E-state index in [4.69, 9.17) is 9.47 Å². The van der Waals surface area contributed by atoms with Crippen LogP contribution >= 0.6 is 0 Å². The summed E-state index contributed by atoms with van der Waals surface area (Å²) in [7, 11) is -1.56. The first-order valence-corrected chi connectivity index (χ1v) is 18.6. The molecule has 2 fully saturated rings. The standard InChI is InChI=1S/C34H49N7O8S/c1-7-40-26-18-14-13-16-24(26)35-31(40)48-23-19-27-28(42)37-34(30(44)38-50(46,47)39(5)6)20-22(34)15-11-9-8-10-12-17-25(29(43)41(27)21-23)36-32(45)49-33(2,3)4/h11,13-16,18,22-23,25,27H,7-10,12,17,19-21H2,1-6H3,(H,36,45)(H,37,42)(H,38,44)/t22-,23-,25+,27+,34-/m1/s1. The van der Waals surface area contributed by atoms with Crippen LogP contribution in [0.15, 0.2) is 36.4 Å². The van der Waals surface area contributed by atoms with E-state index in [0.717, 1.165) is 28.2 Å². The van der Waals surface area contributed by atoms with Gasteiger partial charge in [0, 0.05) is 33.0 Å². The van der Waals surface area contributed by atoms with Crippen molar-refractivity contribution in [2.75, 3.05) is 20.6 Å². The second-order valence-corrected chi connectivity index (χ2v) is 16.2. The lowest BCUT2D eigenvalue weighted by Gasteiger charge is -2.30. The van der Waals surface area contributed by atoms with Gasteiger partial charge in [-0.25, -0.2) is 9.52 Å². The summed E-state index contributed by atoms with van der Waals surface area (Å²) in [4.78, 5) is 61.1. The number of alkyl carbamates (subject to hydrolysis) is 1. The number of carbonyl (C=O) groups excluding carboxylic acids is 4. The van der Waals surface area contributed by atoms with Crippen molar-refractivity contribution < 1.29 is 37.1 Å². The van der Waals surface area contributed by atoms with E-state index < -0.39 is 69.3 Å². The number of rotatable bonds is 7. The van der Waals surface area contributed by atoms with E-state index in [0.29, 0.717) is 31.8 Å². The maximum absolute atomic E-state index is 14.4. The molecule has 5 rings (SSSR count). The summed E-state index contributed by atoms with van der Waals surface area (Å²) >= 11 is 0. The number of fused-ring (bicyclic) bond motifs is 3. The molecule has 4 amide bonds. The minimum atomic E-state index is -4.15. The lowest BCUT2D eigenvalue weighted by atomic mass is 10.0. The lowest BCUT2D eigenvalue weighted by molar-refractivity contribution is -0.141. The number of hydrogen-bond acceptors (Lipinski definition) is 9. The van der Waals surface area contributed by atoms with E-state index >= 15 is 0 Å².